The topological polar surface area (TPSA) is 59.0 Å². The zero-order chi connectivity index (χ0) is 15.5. The molecule has 0 N–H and O–H groups in total. The number of Topliss-reactive ketones (excluding diaryl/α,β-unsaturated/α-hetero) is 1. The van der Waals surface area contributed by atoms with E-state index >= 15 is 0 Å². The zero-order valence-corrected chi connectivity index (χ0v) is 13.0. The second kappa shape index (κ2) is 6.22. The number of nitrogens with zero attached hydrogens (tertiary/aromatic N) is 4. The fourth-order valence-electron chi connectivity index (χ4n) is 2.66. The van der Waals surface area contributed by atoms with Crippen LogP contribution in [0.1, 0.15) is 26.0 Å². The number of ketones is 1. The maximum atomic E-state index is 11.7. The zero-order valence-electron chi connectivity index (χ0n) is 13.0. The molecule has 22 heavy (non-hydrogen) atoms. The second-order valence-corrected chi connectivity index (χ2v) is 5.67. The summed E-state index contributed by atoms with van der Waals surface area (Å²) >= 11 is 0. The number of carbonyl (C=O) groups excluding carboxylic acids is 1. The molecule has 1 atom stereocenters. The first kappa shape index (κ1) is 14.6. The highest BCUT2D eigenvalue weighted by Gasteiger charge is 2.25. The van der Waals surface area contributed by atoms with Crippen LogP contribution in [0.25, 0.3) is 11.5 Å². The highest BCUT2D eigenvalue weighted by molar-refractivity contribution is 5.83. The fraction of sp³-hybridized carbons (Fsp3) is 0.412. The average molecular weight is 296 g/mol. The van der Waals surface area contributed by atoms with E-state index in [1.165, 1.54) is 0 Å². The Hall–Kier alpha value is -2.30. The first-order valence-corrected chi connectivity index (χ1v) is 7.74. The van der Waals surface area contributed by atoms with Crippen molar-refractivity contribution in [2.45, 2.75) is 26.7 Å². The van der Waals surface area contributed by atoms with Crippen molar-refractivity contribution >= 4 is 11.6 Å². The molecule has 1 fully saturated rings. The monoisotopic (exact) mass is 296 g/mol. The molecule has 0 spiro atoms. The van der Waals surface area contributed by atoms with E-state index in [1.807, 2.05) is 31.2 Å². The minimum absolute atomic E-state index is 0.0621. The van der Waals surface area contributed by atoms with E-state index in [-0.39, 0.29) is 5.92 Å². The lowest BCUT2D eigenvalue weighted by atomic mass is 9.98. The van der Waals surface area contributed by atoms with Crippen molar-refractivity contribution < 1.29 is 4.79 Å². The number of aryl methyl sites for hydroxylation is 1. The van der Waals surface area contributed by atoms with E-state index in [4.69, 9.17) is 0 Å². The van der Waals surface area contributed by atoms with Crippen LogP contribution in [0.5, 0.6) is 0 Å². The van der Waals surface area contributed by atoms with Gasteiger partial charge in [-0.3, -0.25) is 9.78 Å². The van der Waals surface area contributed by atoms with Crippen molar-refractivity contribution in [2.24, 2.45) is 5.92 Å². The van der Waals surface area contributed by atoms with E-state index in [2.05, 4.69) is 26.8 Å². The predicted molar refractivity (Wildman–Crippen MR) is 85.6 cm³/mol. The van der Waals surface area contributed by atoms with Crippen LogP contribution in [-0.4, -0.2) is 33.8 Å². The van der Waals surface area contributed by atoms with Crippen LogP contribution < -0.4 is 4.90 Å². The third-order valence-electron chi connectivity index (χ3n) is 4.02. The molecule has 0 amide bonds. The molecule has 3 rings (SSSR count). The van der Waals surface area contributed by atoms with Crippen molar-refractivity contribution in [1.29, 1.82) is 0 Å². The summed E-state index contributed by atoms with van der Waals surface area (Å²) in [6.07, 6.45) is 3.18. The number of hydrogen-bond acceptors (Lipinski definition) is 5. The minimum Gasteiger partial charge on any atom is -0.355 e. The van der Waals surface area contributed by atoms with Gasteiger partial charge in [0.25, 0.3) is 0 Å². The predicted octanol–water partition coefficient (Wildman–Crippen LogP) is 2.52. The Balaban J connectivity index is 1.96. The standard InChI is InChI=1S/C17H20N4O/c1-3-13-10-16(21-9-7-15(22)12(2)11-21)20-17(19-13)14-6-4-5-8-18-14/h4-6,8,10,12H,3,7,9,11H2,1-2H3/t12-/m1/s1. The van der Waals surface area contributed by atoms with Crippen molar-refractivity contribution in [1.82, 2.24) is 15.0 Å². The molecular formula is C17H20N4O. The number of aromatic nitrogens is 3. The summed E-state index contributed by atoms with van der Waals surface area (Å²) in [5.41, 5.74) is 1.77. The number of anilines is 1. The lowest BCUT2D eigenvalue weighted by Gasteiger charge is -2.31. The SMILES string of the molecule is CCc1cc(N2CCC(=O)[C@H](C)C2)nc(-c2ccccn2)n1. The van der Waals surface area contributed by atoms with Gasteiger partial charge in [-0.25, -0.2) is 9.97 Å². The molecule has 1 aliphatic rings. The van der Waals surface area contributed by atoms with Gasteiger partial charge in [0, 0.05) is 43.4 Å². The molecule has 114 valence electrons. The molecule has 0 aliphatic carbocycles. The normalized spacial score (nSPS) is 18.5. The minimum atomic E-state index is 0.0621. The largest absolute Gasteiger partial charge is 0.355 e. The van der Waals surface area contributed by atoms with Gasteiger partial charge in [0.2, 0.25) is 0 Å². The molecule has 0 unspecified atom stereocenters. The van der Waals surface area contributed by atoms with Crippen molar-refractivity contribution in [3.8, 4) is 11.5 Å². The molecular weight excluding hydrogens is 276 g/mol. The Morgan fingerprint density at radius 2 is 2.18 bits per heavy atom. The molecule has 0 radical (unpaired) electrons. The smallest absolute Gasteiger partial charge is 0.180 e. The van der Waals surface area contributed by atoms with Crippen LogP contribution in [0, 0.1) is 5.92 Å². The molecule has 2 aromatic rings. The Bertz CT molecular complexity index is 672. The van der Waals surface area contributed by atoms with E-state index in [1.54, 1.807) is 6.20 Å². The summed E-state index contributed by atoms with van der Waals surface area (Å²) < 4.78 is 0. The van der Waals surface area contributed by atoms with Crippen LogP contribution in [0.3, 0.4) is 0 Å². The average Bonchev–Trinajstić information content (AvgIpc) is 2.57. The van der Waals surface area contributed by atoms with Crippen molar-refractivity contribution in [3.63, 3.8) is 0 Å². The van der Waals surface area contributed by atoms with Crippen LogP contribution in [-0.2, 0) is 11.2 Å². The summed E-state index contributed by atoms with van der Waals surface area (Å²) in [7, 11) is 0. The van der Waals surface area contributed by atoms with Gasteiger partial charge in [-0.05, 0) is 18.6 Å². The molecule has 0 saturated carbocycles. The quantitative estimate of drug-likeness (QED) is 0.871. The molecule has 5 heteroatoms. The summed E-state index contributed by atoms with van der Waals surface area (Å²) in [6, 6.07) is 7.76. The third kappa shape index (κ3) is 2.98. The molecule has 3 heterocycles. The number of carbonyl (C=O) groups is 1. The highest BCUT2D eigenvalue weighted by Crippen LogP contribution is 2.23. The van der Waals surface area contributed by atoms with Gasteiger partial charge in [0.1, 0.15) is 17.3 Å². The Labute approximate surface area is 130 Å². The van der Waals surface area contributed by atoms with Crippen LogP contribution in [0.2, 0.25) is 0 Å². The molecule has 1 saturated heterocycles. The number of pyridine rings is 1. The maximum absolute atomic E-state index is 11.7. The Morgan fingerprint density at radius 3 is 2.86 bits per heavy atom. The first-order valence-electron chi connectivity index (χ1n) is 7.74. The lowest BCUT2D eigenvalue weighted by Crippen LogP contribution is -2.40. The van der Waals surface area contributed by atoms with Gasteiger partial charge < -0.3 is 4.90 Å². The van der Waals surface area contributed by atoms with Gasteiger partial charge in [-0.1, -0.05) is 19.9 Å². The second-order valence-electron chi connectivity index (χ2n) is 5.67. The van der Waals surface area contributed by atoms with Gasteiger partial charge in [-0.15, -0.1) is 0 Å². The van der Waals surface area contributed by atoms with E-state index in [0.717, 1.165) is 36.7 Å². The van der Waals surface area contributed by atoms with Crippen LogP contribution in [0.15, 0.2) is 30.5 Å². The van der Waals surface area contributed by atoms with Crippen LogP contribution in [0.4, 0.5) is 5.82 Å². The summed E-state index contributed by atoms with van der Waals surface area (Å²) in [4.78, 5) is 27.5. The lowest BCUT2D eigenvalue weighted by molar-refractivity contribution is -0.122. The van der Waals surface area contributed by atoms with Gasteiger partial charge in [-0.2, -0.15) is 0 Å². The Kier molecular flexibility index (Phi) is 4.13. The molecule has 2 aromatic heterocycles. The van der Waals surface area contributed by atoms with E-state index in [0.29, 0.717) is 18.0 Å². The molecule has 0 aromatic carbocycles. The molecule has 5 nitrogen and oxygen atoms in total. The van der Waals surface area contributed by atoms with Crippen molar-refractivity contribution in [2.75, 3.05) is 18.0 Å². The van der Waals surface area contributed by atoms with E-state index < -0.39 is 0 Å². The summed E-state index contributed by atoms with van der Waals surface area (Å²) in [6.45, 7) is 5.51. The highest BCUT2D eigenvalue weighted by atomic mass is 16.1. The molecule has 1 aliphatic heterocycles. The first-order chi connectivity index (χ1) is 10.7. The van der Waals surface area contributed by atoms with Crippen LogP contribution >= 0.6 is 0 Å². The summed E-state index contributed by atoms with van der Waals surface area (Å²) in [5.74, 6) is 1.95. The third-order valence-corrected chi connectivity index (χ3v) is 4.02. The maximum Gasteiger partial charge on any atom is 0.180 e. The number of hydrogen-bond donors (Lipinski definition) is 0. The van der Waals surface area contributed by atoms with Gasteiger partial charge in [0.05, 0.1) is 0 Å². The van der Waals surface area contributed by atoms with Gasteiger partial charge in [0.15, 0.2) is 5.82 Å². The van der Waals surface area contributed by atoms with Gasteiger partial charge >= 0.3 is 0 Å². The number of rotatable bonds is 3. The van der Waals surface area contributed by atoms with Crippen molar-refractivity contribution in [3.05, 3.63) is 36.2 Å². The van der Waals surface area contributed by atoms with E-state index in [9.17, 15) is 4.79 Å². The summed E-state index contributed by atoms with van der Waals surface area (Å²) in [5, 5.41) is 0. The Morgan fingerprint density at radius 1 is 1.32 bits per heavy atom. The molecule has 0 bridgehead atoms. The fourth-order valence-corrected chi connectivity index (χ4v) is 2.66. The number of piperidine rings is 1.